The fourth-order valence-corrected chi connectivity index (χ4v) is 3.30. The molecular weight excluding hydrogens is 318 g/mol. The molecular formula is C19H27N3O3. The van der Waals surface area contributed by atoms with Gasteiger partial charge in [-0.1, -0.05) is 35.5 Å². The third-order valence-corrected chi connectivity index (χ3v) is 4.99. The zero-order valence-electron chi connectivity index (χ0n) is 15.1. The molecule has 2 atom stereocenters. The van der Waals surface area contributed by atoms with Gasteiger partial charge < -0.3 is 20.6 Å². The largest absolute Gasteiger partial charge is 0.444 e. The number of amides is 1. The number of benzene rings is 1. The monoisotopic (exact) mass is 345 g/mol. The summed E-state index contributed by atoms with van der Waals surface area (Å²) in [6.07, 6.45) is 2.23. The third-order valence-electron chi connectivity index (χ3n) is 4.99. The highest BCUT2D eigenvalue weighted by Gasteiger charge is 2.54. The Morgan fingerprint density at radius 3 is 2.52 bits per heavy atom. The van der Waals surface area contributed by atoms with Crippen LogP contribution in [0.5, 0.6) is 0 Å². The smallest absolute Gasteiger partial charge is 0.410 e. The van der Waals surface area contributed by atoms with Gasteiger partial charge in [-0.05, 0) is 45.6 Å². The van der Waals surface area contributed by atoms with Gasteiger partial charge in [-0.2, -0.15) is 0 Å². The Morgan fingerprint density at radius 2 is 2.00 bits per heavy atom. The van der Waals surface area contributed by atoms with Crippen LogP contribution in [-0.2, 0) is 4.74 Å². The molecule has 0 aliphatic heterocycles. The van der Waals surface area contributed by atoms with Gasteiger partial charge in [0, 0.05) is 23.9 Å². The standard InChI is InChI=1S/C19H27N3O3/c1-18(2,3)25-17(23)22(12-19(9-10-19)16(20)21-24)15-11-14(15)13-7-5-4-6-8-13/h4-8,14-15,24H,9-12H2,1-3H3,(H2,20,21)/t14-,15+/m0/s1. The summed E-state index contributed by atoms with van der Waals surface area (Å²) in [6.45, 7) is 6.02. The molecule has 1 aromatic carbocycles. The van der Waals surface area contributed by atoms with Crippen molar-refractivity contribution in [1.29, 1.82) is 0 Å². The number of carbonyl (C=O) groups excluding carboxylic acids is 1. The summed E-state index contributed by atoms with van der Waals surface area (Å²) in [5.41, 5.74) is 6.14. The summed E-state index contributed by atoms with van der Waals surface area (Å²) < 4.78 is 5.62. The number of nitrogens with zero attached hydrogens (tertiary/aromatic N) is 2. The lowest BCUT2D eigenvalue weighted by atomic mass is 10.0. The highest BCUT2D eigenvalue weighted by atomic mass is 16.6. The molecule has 1 amide bonds. The minimum atomic E-state index is -0.556. The first-order chi connectivity index (χ1) is 11.8. The molecule has 0 aromatic heterocycles. The first-order valence-corrected chi connectivity index (χ1v) is 8.78. The Hall–Kier alpha value is -2.24. The second-order valence-corrected chi connectivity index (χ2v) is 8.19. The number of oxime groups is 1. The molecule has 3 rings (SSSR count). The normalized spacial score (nSPS) is 24.5. The second kappa shape index (κ2) is 6.24. The summed E-state index contributed by atoms with van der Waals surface area (Å²) in [4.78, 5) is 14.6. The van der Waals surface area contributed by atoms with Crippen molar-refractivity contribution in [2.24, 2.45) is 16.3 Å². The average Bonchev–Trinajstić information content (AvgIpc) is 3.45. The van der Waals surface area contributed by atoms with Crippen LogP contribution in [-0.4, -0.2) is 40.2 Å². The average molecular weight is 345 g/mol. The van der Waals surface area contributed by atoms with Gasteiger partial charge in [-0.3, -0.25) is 0 Å². The molecule has 0 saturated heterocycles. The van der Waals surface area contributed by atoms with Gasteiger partial charge in [0.2, 0.25) is 0 Å². The lowest BCUT2D eigenvalue weighted by molar-refractivity contribution is 0.0207. The van der Waals surface area contributed by atoms with Gasteiger partial charge >= 0.3 is 6.09 Å². The fraction of sp³-hybridized carbons (Fsp3) is 0.579. The van der Waals surface area contributed by atoms with E-state index in [1.54, 1.807) is 4.90 Å². The molecule has 2 aliphatic rings. The topological polar surface area (TPSA) is 88.2 Å². The number of rotatable bonds is 5. The van der Waals surface area contributed by atoms with Crippen molar-refractivity contribution in [1.82, 2.24) is 4.90 Å². The molecule has 0 unspecified atom stereocenters. The van der Waals surface area contributed by atoms with Crippen molar-refractivity contribution in [2.75, 3.05) is 6.54 Å². The minimum Gasteiger partial charge on any atom is -0.444 e. The molecule has 6 heteroatoms. The molecule has 3 N–H and O–H groups in total. The van der Waals surface area contributed by atoms with E-state index in [0.29, 0.717) is 12.5 Å². The van der Waals surface area contributed by atoms with Gasteiger partial charge in [0.15, 0.2) is 0 Å². The SMILES string of the molecule is CC(C)(C)OC(=O)N(CC1(C(N)=NO)CC1)[C@@H]1C[C@H]1c1ccccc1. The molecule has 0 heterocycles. The van der Waals surface area contributed by atoms with Crippen molar-refractivity contribution in [3.63, 3.8) is 0 Å². The second-order valence-electron chi connectivity index (χ2n) is 8.19. The van der Waals surface area contributed by atoms with E-state index < -0.39 is 11.0 Å². The number of carbonyl (C=O) groups is 1. The third kappa shape index (κ3) is 3.89. The van der Waals surface area contributed by atoms with Gasteiger partial charge in [-0.15, -0.1) is 0 Å². The van der Waals surface area contributed by atoms with Crippen LogP contribution in [0.4, 0.5) is 4.79 Å². The molecule has 1 aromatic rings. The number of hydrogen-bond acceptors (Lipinski definition) is 4. The minimum absolute atomic E-state index is 0.0983. The van der Waals surface area contributed by atoms with E-state index in [1.807, 2.05) is 39.0 Å². The fourth-order valence-electron chi connectivity index (χ4n) is 3.30. The van der Waals surface area contributed by atoms with Crippen molar-refractivity contribution >= 4 is 11.9 Å². The van der Waals surface area contributed by atoms with E-state index in [-0.39, 0.29) is 18.0 Å². The van der Waals surface area contributed by atoms with Crippen LogP contribution in [0.2, 0.25) is 0 Å². The Morgan fingerprint density at radius 1 is 1.36 bits per heavy atom. The molecule has 25 heavy (non-hydrogen) atoms. The van der Waals surface area contributed by atoms with Gasteiger partial charge in [-0.25, -0.2) is 4.79 Å². The molecule has 0 spiro atoms. The van der Waals surface area contributed by atoms with Gasteiger partial charge in [0.05, 0.1) is 0 Å². The Labute approximate surface area is 148 Å². The zero-order valence-corrected chi connectivity index (χ0v) is 15.1. The van der Waals surface area contributed by atoms with Crippen LogP contribution in [0.15, 0.2) is 35.5 Å². The molecule has 136 valence electrons. The number of ether oxygens (including phenoxy) is 1. The van der Waals surface area contributed by atoms with E-state index in [2.05, 4.69) is 17.3 Å². The maximum atomic E-state index is 12.8. The predicted molar refractivity (Wildman–Crippen MR) is 95.6 cm³/mol. The van der Waals surface area contributed by atoms with Crippen LogP contribution < -0.4 is 5.73 Å². The van der Waals surface area contributed by atoms with Crippen LogP contribution in [0.25, 0.3) is 0 Å². The zero-order chi connectivity index (χ0) is 18.2. The molecule has 0 bridgehead atoms. The van der Waals surface area contributed by atoms with E-state index in [1.165, 1.54) is 5.56 Å². The van der Waals surface area contributed by atoms with Crippen molar-refractivity contribution in [3.05, 3.63) is 35.9 Å². The van der Waals surface area contributed by atoms with E-state index in [9.17, 15) is 4.79 Å². The number of amidine groups is 1. The first-order valence-electron chi connectivity index (χ1n) is 8.78. The summed E-state index contributed by atoms with van der Waals surface area (Å²) >= 11 is 0. The first kappa shape index (κ1) is 17.6. The Bertz CT molecular complexity index is 662. The Balaban J connectivity index is 1.78. The van der Waals surface area contributed by atoms with Gasteiger partial charge in [0.1, 0.15) is 11.4 Å². The van der Waals surface area contributed by atoms with Crippen LogP contribution in [0.1, 0.15) is 51.5 Å². The summed E-state index contributed by atoms with van der Waals surface area (Å²) in [5, 5.41) is 12.2. The molecule has 2 fully saturated rings. The quantitative estimate of drug-likeness (QED) is 0.371. The number of nitrogens with two attached hydrogens (primary N) is 1. The van der Waals surface area contributed by atoms with E-state index in [0.717, 1.165) is 19.3 Å². The lowest BCUT2D eigenvalue weighted by Crippen LogP contribution is -2.45. The summed E-state index contributed by atoms with van der Waals surface area (Å²) in [6, 6.07) is 10.3. The predicted octanol–water partition coefficient (Wildman–Crippen LogP) is 3.31. The summed E-state index contributed by atoms with van der Waals surface area (Å²) in [7, 11) is 0. The molecule has 6 nitrogen and oxygen atoms in total. The van der Waals surface area contributed by atoms with Crippen LogP contribution in [0.3, 0.4) is 0 Å². The highest BCUT2D eigenvalue weighted by molar-refractivity contribution is 5.89. The van der Waals surface area contributed by atoms with Crippen molar-refractivity contribution in [2.45, 2.75) is 57.6 Å². The van der Waals surface area contributed by atoms with Gasteiger partial charge in [0.25, 0.3) is 0 Å². The van der Waals surface area contributed by atoms with Crippen molar-refractivity contribution in [3.8, 4) is 0 Å². The van der Waals surface area contributed by atoms with E-state index >= 15 is 0 Å². The Kier molecular flexibility index (Phi) is 4.39. The number of hydrogen-bond donors (Lipinski definition) is 2. The molecule has 2 aliphatic carbocycles. The van der Waals surface area contributed by atoms with Crippen LogP contribution >= 0.6 is 0 Å². The highest BCUT2D eigenvalue weighted by Crippen LogP contribution is 2.51. The maximum Gasteiger partial charge on any atom is 0.410 e. The van der Waals surface area contributed by atoms with Crippen molar-refractivity contribution < 1.29 is 14.7 Å². The van der Waals surface area contributed by atoms with Crippen LogP contribution in [0, 0.1) is 5.41 Å². The molecule has 0 radical (unpaired) electrons. The maximum absolute atomic E-state index is 12.8. The summed E-state index contributed by atoms with van der Waals surface area (Å²) in [5.74, 6) is 0.523. The lowest BCUT2D eigenvalue weighted by Gasteiger charge is -2.30. The van der Waals surface area contributed by atoms with E-state index in [4.69, 9.17) is 15.7 Å². The molecule has 2 saturated carbocycles.